The first kappa shape index (κ1) is 19.3. The molecule has 2 aliphatic heterocycles. The molecule has 3 aromatic rings. The highest BCUT2D eigenvalue weighted by atomic mass is 32.1. The summed E-state index contributed by atoms with van der Waals surface area (Å²) < 4.78 is 5.71. The number of hydrogen-bond acceptors (Lipinski definition) is 7. The molecule has 2 aliphatic rings. The highest BCUT2D eigenvalue weighted by Gasteiger charge is 2.48. The third-order valence-electron chi connectivity index (χ3n) is 5.43. The molecular weight excluding hydrogens is 416 g/mol. The zero-order valence-electron chi connectivity index (χ0n) is 16.5. The van der Waals surface area contributed by atoms with Gasteiger partial charge in [-0.15, -0.1) is 11.3 Å². The third kappa shape index (κ3) is 3.16. The largest absolute Gasteiger partial charge is 0.508 e. The summed E-state index contributed by atoms with van der Waals surface area (Å²) >= 11 is 1.21. The van der Waals surface area contributed by atoms with Gasteiger partial charge in [-0.25, -0.2) is 4.98 Å². The zero-order valence-corrected chi connectivity index (χ0v) is 17.3. The van der Waals surface area contributed by atoms with Crippen molar-refractivity contribution in [2.24, 2.45) is 0 Å². The van der Waals surface area contributed by atoms with Gasteiger partial charge in [0, 0.05) is 23.6 Å². The molecule has 7 nitrogen and oxygen atoms in total. The summed E-state index contributed by atoms with van der Waals surface area (Å²) in [5.41, 5.74) is 1.81. The molecule has 1 amide bonds. The van der Waals surface area contributed by atoms with Crippen LogP contribution in [0.1, 0.15) is 29.7 Å². The Labute approximate surface area is 181 Å². The van der Waals surface area contributed by atoms with Gasteiger partial charge in [-0.1, -0.05) is 12.1 Å². The molecule has 3 heterocycles. The van der Waals surface area contributed by atoms with E-state index in [2.05, 4.69) is 4.98 Å². The van der Waals surface area contributed by atoms with E-state index in [1.165, 1.54) is 28.4 Å². The van der Waals surface area contributed by atoms with Crippen LogP contribution in [0.2, 0.25) is 0 Å². The average molecular weight is 434 g/mol. The molecule has 2 atom stereocenters. The minimum absolute atomic E-state index is 0.00843. The number of ketones is 1. The van der Waals surface area contributed by atoms with E-state index in [0.29, 0.717) is 22.7 Å². The number of thiazole rings is 1. The van der Waals surface area contributed by atoms with E-state index in [1.54, 1.807) is 41.9 Å². The molecule has 0 radical (unpaired) electrons. The number of aliphatic hydroxyl groups is 1. The summed E-state index contributed by atoms with van der Waals surface area (Å²) in [4.78, 5) is 31.5. The molecule has 5 rings (SSSR count). The number of amides is 1. The van der Waals surface area contributed by atoms with Gasteiger partial charge >= 0.3 is 5.91 Å². The number of benzene rings is 2. The Bertz CT molecular complexity index is 1230. The Morgan fingerprint density at radius 3 is 2.81 bits per heavy atom. The lowest BCUT2D eigenvalue weighted by Crippen LogP contribution is -2.29. The SMILES string of the molecule is CC1Cc2cc(/C(O)=C3\C(=O)C(=O)N(c4nccs4)C3c3cccc(O)c3)ccc2O1. The van der Waals surface area contributed by atoms with Crippen LogP contribution in [0.3, 0.4) is 0 Å². The summed E-state index contributed by atoms with van der Waals surface area (Å²) in [6.07, 6.45) is 2.27. The van der Waals surface area contributed by atoms with Gasteiger partial charge < -0.3 is 14.9 Å². The van der Waals surface area contributed by atoms with Crippen LogP contribution in [0.5, 0.6) is 11.5 Å². The van der Waals surface area contributed by atoms with Crippen LogP contribution in [0.15, 0.2) is 59.6 Å². The maximum atomic E-state index is 13.1. The van der Waals surface area contributed by atoms with E-state index < -0.39 is 17.7 Å². The molecule has 1 fully saturated rings. The number of aromatic nitrogens is 1. The minimum atomic E-state index is -0.915. The standard InChI is InChI=1S/C23H18N2O5S/c1-12-9-15-10-14(5-6-17(15)30-12)20(27)18-19(13-3-2-4-16(26)11-13)25(22(29)21(18)28)23-24-7-8-31-23/h2-8,10-12,19,26-27H,9H2,1H3/b20-18+. The van der Waals surface area contributed by atoms with Gasteiger partial charge in [0.2, 0.25) is 0 Å². The van der Waals surface area contributed by atoms with Crippen LogP contribution in [-0.2, 0) is 16.0 Å². The van der Waals surface area contributed by atoms with Crippen molar-refractivity contribution >= 4 is 33.9 Å². The maximum Gasteiger partial charge on any atom is 0.301 e. The molecule has 2 unspecified atom stereocenters. The number of nitrogens with zero attached hydrogens (tertiary/aromatic N) is 2. The summed E-state index contributed by atoms with van der Waals surface area (Å²) in [5.74, 6) is -1.11. The van der Waals surface area contributed by atoms with Crippen LogP contribution < -0.4 is 9.64 Å². The van der Waals surface area contributed by atoms with Crippen molar-refractivity contribution < 1.29 is 24.5 Å². The number of anilines is 1. The molecule has 2 N–H and O–H groups in total. The number of aliphatic hydroxyl groups excluding tert-OH is 1. The number of ether oxygens (including phenoxy) is 1. The molecule has 1 saturated heterocycles. The second-order valence-corrected chi connectivity index (χ2v) is 8.41. The zero-order chi connectivity index (χ0) is 21.7. The number of carbonyl (C=O) groups excluding carboxylic acids is 2. The highest BCUT2D eigenvalue weighted by Crippen LogP contribution is 2.43. The molecule has 8 heteroatoms. The maximum absolute atomic E-state index is 13.1. The van der Waals surface area contributed by atoms with Crippen LogP contribution in [0.4, 0.5) is 5.13 Å². The highest BCUT2D eigenvalue weighted by molar-refractivity contribution is 7.14. The second-order valence-electron chi connectivity index (χ2n) is 7.53. The van der Waals surface area contributed by atoms with E-state index in [1.807, 2.05) is 6.92 Å². The summed E-state index contributed by atoms with van der Waals surface area (Å²) in [6, 6.07) is 10.6. The molecule has 0 aliphatic carbocycles. The molecular formula is C23H18N2O5S. The van der Waals surface area contributed by atoms with Crippen LogP contribution in [0, 0.1) is 0 Å². The van der Waals surface area contributed by atoms with E-state index in [9.17, 15) is 19.8 Å². The topological polar surface area (TPSA) is 100.0 Å². The van der Waals surface area contributed by atoms with Gasteiger partial charge in [-0.3, -0.25) is 14.5 Å². The Kier molecular flexibility index (Phi) is 4.51. The molecule has 2 aromatic carbocycles. The predicted octanol–water partition coefficient (Wildman–Crippen LogP) is 3.80. The number of hydrogen-bond donors (Lipinski definition) is 2. The third-order valence-corrected chi connectivity index (χ3v) is 6.20. The smallest absolute Gasteiger partial charge is 0.301 e. The fourth-order valence-corrected chi connectivity index (χ4v) is 4.77. The first-order chi connectivity index (χ1) is 14.9. The number of phenols is 1. The quantitative estimate of drug-likeness (QED) is 0.370. The molecule has 31 heavy (non-hydrogen) atoms. The number of rotatable bonds is 3. The lowest BCUT2D eigenvalue weighted by Gasteiger charge is -2.23. The summed E-state index contributed by atoms with van der Waals surface area (Å²) in [7, 11) is 0. The molecule has 0 bridgehead atoms. The average Bonchev–Trinajstić information content (AvgIpc) is 3.45. The van der Waals surface area contributed by atoms with Crippen molar-refractivity contribution in [3.8, 4) is 11.5 Å². The monoisotopic (exact) mass is 434 g/mol. The van der Waals surface area contributed by atoms with Gasteiger partial charge in [-0.05, 0) is 48.4 Å². The lowest BCUT2D eigenvalue weighted by atomic mass is 9.94. The summed E-state index contributed by atoms with van der Waals surface area (Å²) in [5, 5.41) is 23.2. The van der Waals surface area contributed by atoms with Crippen molar-refractivity contribution in [3.05, 3.63) is 76.3 Å². The fraction of sp³-hybridized carbons (Fsp3) is 0.174. The number of carbonyl (C=O) groups is 2. The predicted molar refractivity (Wildman–Crippen MR) is 115 cm³/mol. The Balaban J connectivity index is 1.69. The van der Waals surface area contributed by atoms with Crippen molar-refractivity contribution in [2.75, 3.05) is 4.90 Å². The Morgan fingerprint density at radius 1 is 1.23 bits per heavy atom. The number of phenolic OH excluding ortho intramolecular Hbond substituents is 1. The molecule has 1 aromatic heterocycles. The van der Waals surface area contributed by atoms with Crippen LogP contribution in [0.25, 0.3) is 5.76 Å². The van der Waals surface area contributed by atoms with Gasteiger partial charge in [0.05, 0.1) is 11.6 Å². The second kappa shape index (κ2) is 7.24. The first-order valence-corrected chi connectivity index (χ1v) is 10.6. The molecule has 0 spiro atoms. The van der Waals surface area contributed by atoms with E-state index in [0.717, 1.165) is 11.3 Å². The fourth-order valence-electron chi connectivity index (χ4n) is 4.10. The van der Waals surface area contributed by atoms with E-state index in [-0.39, 0.29) is 23.2 Å². The summed E-state index contributed by atoms with van der Waals surface area (Å²) in [6.45, 7) is 1.96. The van der Waals surface area contributed by atoms with Crippen molar-refractivity contribution in [2.45, 2.75) is 25.5 Å². The number of Topliss-reactive ketones (excluding diaryl/α,β-unsaturated/α-hetero) is 1. The van der Waals surface area contributed by atoms with Gasteiger partial charge in [0.25, 0.3) is 5.78 Å². The van der Waals surface area contributed by atoms with Crippen LogP contribution >= 0.6 is 11.3 Å². The van der Waals surface area contributed by atoms with Gasteiger partial charge in [0.1, 0.15) is 23.4 Å². The van der Waals surface area contributed by atoms with E-state index in [4.69, 9.17) is 4.74 Å². The molecule has 156 valence electrons. The lowest BCUT2D eigenvalue weighted by molar-refractivity contribution is -0.132. The van der Waals surface area contributed by atoms with E-state index >= 15 is 0 Å². The Hall–Kier alpha value is -3.65. The number of aromatic hydroxyl groups is 1. The van der Waals surface area contributed by atoms with Crippen molar-refractivity contribution in [1.82, 2.24) is 4.98 Å². The molecule has 0 saturated carbocycles. The normalized spacial score (nSPS) is 21.9. The van der Waals surface area contributed by atoms with Gasteiger partial charge in [-0.2, -0.15) is 0 Å². The number of fused-ring (bicyclic) bond motifs is 1. The van der Waals surface area contributed by atoms with Crippen LogP contribution in [-0.4, -0.2) is 33.0 Å². The first-order valence-electron chi connectivity index (χ1n) is 9.73. The van der Waals surface area contributed by atoms with Crippen molar-refractivity contribution in [1.29, 1.82) is 0 Å². The van der Waals surface area contributed by atoms with Gasteiger partial charge in [0.15, 0.2) is 5.13 Å². The Morgan fingerprint density at radius 2 is 2.06 bits per heavy atom. The minimum Gasteiger partial charge on any atom is -0.508 e. The van der Waals surface area contributed by atoms with Crippen molar-refractivity contribution in [3.63, 3.8) is 0 Å².